The third-order valence-electron chi connectivity index (χ3n) is 4.32. The standard InChI is InChI=1S/C20H21NO5/c1-11-6-15-13(10-16(11)23-2)14(20(22)21-15)7-12-8-17(24-3)19(26-5)18(9-12)25-4/h6-10H,1-5H3,(H,21,22)/b14-7-. The van der Waals surface area contributed by atoms with Crippen molar-refractivity contribution in [1.82, 2.24) is 0 Å². The van der Waals surface area contributed by atoms with Crippen LogP contribution in [0.1, 0.15) is 16.7 Å². The highest BCUT2D eigenvalue weighted by atomic mass is 16.5. The van der Waals surface area contributed by atoms with E-state index in [1.807, 2.05) is 19.1 Å². The van der Waals surface area contributed by atoms with E-state index in [1.54, 1.807) is 46.6 Å². The molecule has 6 nitrogen and oxygen atoms in total. The van der Waals surface area contributed by atoms with Gasteiger partial charge < -0.3 is 24.3 Å². The predicted octanol–water partition coefficient (Wildman–Crippen LogP) is 3.52. The molecule has 1 aliphatic heterocycles. The summed E-state index contributed by atoms with van der Waals surface area (Å²) in [5.74, 6) is 2.13. The molecule has 1 heterocycles. The highest BCUT2D eigenvalue weighted by Crippen LogP contribution is 2.41. The van der Waals surface area contributed by atoms with Gasteiger partial charge in [-0.1, -0.05) is 0 Å². The summed E-state index contributed by atoms with van der Waals surface area (Å²) in [4.78, 5) is 12.5. The van der Waals surface area contributed by atoms with Crippen molar-refractivity contribution < 1.29 is 23.7 Å². The molecule has 3 rings (SSSR count). The number of benzene rings is 2. The van der Waals surface area contributed by atoms with Crippen LogP contribution in [0.4, 0.5) is 5.69 Å². The molecule has 2 aromatic rings. The van der Waals surface area contributed by atoms with Crippen LogP contribution in [0.25, 0.3) is 11.6 Å². The normalized spacial score (nSPS) is 14.0. The summed E-state index contributed by atoms with van der Waals surface area (Å²) in [6.45, 7) is 1.94. The summed E-state index contributed by atoms with van der Waals surface area (Å²) >= 11 is 0. The van der Waals surface area contributed by atoms with E-state index in [0.29, 0.717) is 22.8 Å². The van der Waals surface area contributed by atoms with Crippen molar-refractivity contribution in [1.29, 1.82) is 0 Å². The molecule has 1 amide bonds. The molecule has 0 atom stereocenters. The maximum absolute atomic E-state index is 12.5. The molecule has 0 unspecified atom stereocenters. The molecule has 0 saturated heterocycles. The largest absolute Gasteiger partial charge is 0.496 e. The van der Waals surface area contributed by atoms with E-state index >= 15 is 0 Å². The summed E-state index contributed by atoms with van der Waals surface area (Å²) in [5, 5.41) is 2.89. The smallest absolute Gasteiger partial charge is 0.256 e. The lowest BCUT2D eigenvalue weighted by atomic mass is 10.0. The lowest BCUT2D eigenvalue weighted by Gasteiger charge is -2.13. The van der Waals surface area contributed by atoms with Gasteiger partial charge in [0.25, 0.3) is 5.91 Å². The van der Waals surface area contributed by atoms with Crippen LogP contribution in [0.3, 0.4) is 0 Å². The van der Waals surface area contributed by atoms with Crippen LogP contribution in [-0.2, 0) is 4.79 Å². The number of anilines is 1. The molecular formula is C20H21NO5. The van der Waals surface area contributed by atoms with Crippen molar-refractivity contribution in [3.05, 3.63) is 41.0 Å². The Morgan fingerprint density at radius 2 is 1.46 bits per heavy atom. The van der Waals surface area contributed by atoms with Crippen LogP contribution in [0, 0.1) is 6.92 Å². The molecule has 0 saturated carbocycles. The molecule has 2 aromatic carbocycles. The number of hydrogen-bond acceptors (Lipinski definition) is 5. The molecule has 1 aliphatic rings. The maximum Gasteiger partial charge on any atom is 0.256 e. The van der Waals surface area contributed by atoms with E-state index in [9.17, 15) is 4.79 Å². The molecule has 26 heavy (non-hydrogen) atoms. The average molecular weight is 355 g/mol. The number of fused-ring (bicyclic) bond motifs is 1. The first-order valence-electron chi connectivity index (χ1n) is 8.04. The molecule has 6 heteroatoms. The number of hydrogen-bond donors (Lipinski definition) is 1. The zero-order valence-corrected chi connectivity index (χ0v) is 15.4. The third-order valence-corrected chi connectivity index (χ3v) is 4.32. The predicted molar refractivity (Wildman–Crippen MR) is 100 cm³/mol. The molecule has 0 aliphatic carbocycles. The van der Waals surface area contributed by atoms with E-state index < -0.39 is 0 Å². The van der Waals surface area contributed by atoms with Gasteiger partial charge in [-0.2, -0.15) is 0 Å². The molecule has 0 radical (unpaired) electrons. The van der Waals surface area contributed by atoms with E-state index in [1.165, 1.54) is 0 Å². The molecule has 136 valence electrons. The van der Waals surface area contributed by atoms with Crippen LogP contribution >= 0.6 is 0 Å². The van der Waals surface area contributed by atoms with Gasteiger partial charge in [-0.25, -0.2) is 0 Å². The Morgan fingerprint density at radius 3 is 2.00 bits per heavy atom. The van der Waals surface area contributed by atoms with Gasteiger partial charge in [0, 0.05) is 16.8 Å². The number of aryl methyl sites for hydroxylation is 1. The molecular weight excluding hydrogens is 334 g/mol. The Bertz CT molecular complexity index is 876. The van der Waals surface area contributed by atoms with E-state index in [4.69, 9.17) is 18.9 Å². The Balaban J connectivity index is 2.13. The maximum atomic E-state index is 12.5. The van der Waals surface area contributed by atoms with Crippen LogP contribution in [0.15, 0.2) is 24.3 Å². The van der Waals surface area contributed by atoms with Gasteiger partial charge in [-0.15, -0.1) is 0 Å². The minimum absolute atomic E-state index is 0.165. The first-order chi connectivity index (χ1) is 12.5. The van der Waals surface area contributed by atoms with Crippen LogP contribution in [0.5, 0.6) is 23.0 Å². The van der Waals surface area contributed by atoms with Crippen molar-refractivity contribution in [2.24, 2.45) is 0 Å². The SMILES string of the molecule is COc1cc2c(cc1C)NC(=O)/C2=C\c1cc(OC)c(OC)c(OC)c1. The fourth-order valence-corrected chi connectivity index (χ4v) is 3.04. The molecule has 0 spiro atoms. The van der Waals surface area contributed by atoms with Crippen molar-refractivity contribution in [2.75, 3.05) is 33.8 Å². The van der Waals surface area contributed by atoms with Crippen LogP contribution in [-0.4, -0.2) is 34.3 Å². The Morgan fingerprint density at radius 1 is 0.846 bits per heavy atom. The van der Waals surface area contributed by atoms with Gasteiger partial charge in [-0.3, -0.25) is 4.79 Å². The average Bonchev–Trinajstić information content (AvgIpc) is 2.94. The Labute approximate surface area is 152 Å². The van der Waals surface area contributed by atoms with Crippen LogP contribution < -0.4 is 24.3 Å². The van der Waals surface area contributed by atoms with E-state index in [-0.39, 0.29) is 5.91 Å². The van der Waals surface area contributed by atoms with Crippen molar-refractivity contribution >= 4 is 23.2 Å². The van der Waals surface area contributed by atoms with Crippen molar-refractivity contribution in [2.45, 2.75) is 6.92 Å². The zero-order chi connectivity index (χ0) is 18.8. The third kappa shape index (κ3) is 2.94. The van der Waals surface area contributed by atoms with Gasteiger partial charge in [0.1, 0.15) is 5.75 Å². The van der Waals surface area contributed by atoms with Gasteiger partial charge in [0.15, 0.2) is 11.5 Å². The Kier molecular flexibility index (Phi) is 4.75. The fourth-order valence-electron chi connectivity index (χ4n) is 3.04. The topological polar surface area (TPSA) is 66.0 Å². The second kappa shape index (κ2) is 7.00. The number of methoxy groups -OCH3 is 4. The monoisotopic (exact) mass is 355 g/mol. The Hall–Kier alpha value is -3.15. The second-order valence-corrected chi connectivity index (χ2v) is 5.84. The number of nitrogens with one attached hydrogen (secondary N) is 1. The number of rotatable bonds is 5. The van der Waals surface area contributed by atoms with Gasteiger partial charge in [0.05, 0.1) is 28.4 Å². The fraction of sp³-hybridized carbons (Fsp3) is 0.250. The molecule has 0 fully saturated rings. The quantitative estimate of drug-likeness (QED) is 0.831. The van der Waals surface area contributed by atoms with Crippen LogP contribution in [0.2, 0.25) is 0 Å². The van der Waals surface area contributed by atoms with Crippen molar-refractivity contribution in [3.63, 3.8) is 0 Å². The highest BCUT2D eigenvalue weighted by molar-refractivity contribution is 6.35. The number of carbonyl (C=O) groups is 1. The first-order valence-corrected chi connectivity index (χ1v) is 8.04. The summed E-state index contributed by atoms with van der Waals surface area (Å²) < 4.78 is 21.5. The number of carbonyl (C=O) groups excluding carboxylic acids is 1. The number of amides is 1. The van der Waals surface area contributed by atoms with E-state index in [0.717, 1.165) is 28.1 Å². The van der Waals surface area contributed by atoms with Crippen molar-refractivity contribution in [3.8, 4) is 23.0 Å². The van der Waals surface area contributed by atoms with Gasteiger partial charge >= 0.3 is 0 Å². The summed E-state index contributed by atoms with van der Waals surface area (Å²) in [6, 6.07) is 7.37. The summed E-state index contributed by atoms with van der Waals surface area (Å²) in [5.41, 5.74) is 3.84. The molecule has 0 aromatic heterocycles. The highest BCUT2D eigenvalue weighted by Gasteiger charge is 2.26. The van der Waals surface area contributed by atoms with E-state index in [2.05, 4.69) is 5.32 Å². The van der Waals surface area contributed by atoms with Gasteiger partial charge in [0.2, 0.25) is 5.75 Å². The minimum Gasteiger partial charge on any atom is -0.496 e. The van der Waals surface area contributed by atoms with Gasteiger partial charge in [-0.05, 0) is 48.4 Å². The minimum atomic E-state index is -0.165. The first kappa shape index (κ1) is 17.7. The lowest BCUT2D eigenvalue weighted by Crippen LogP contribution is -2.03. The molecule has 0 bridgehead atoms. The molecule has 1 N–H and O–H groups in total. The number of ether oxygens (including phenoxy) is 4. The lowest BCUT2D eigenvalue weighted by molar-refractivity contribution is -0.110. The summed E-state index contributed by atoms with van der Waals surface area (Å²) in [7, 11) is 6.27. The summed E-state index contributed by atoms with van der Waals surface area (Å²) in [6.07, 6.45) is 1.79. The second-order valence-electron chi connectivity index (χ2n) is 5.84. The zero-order valence-electron chi connectivity index (χ0n) is 15.4.